The number of hydrogen-bond acceptors (Lipinski definition) is 2. The van der Waals surface area contributed by atoms with Gasteiger partial charge in [-0.05, 0) is 59.9 Å². The maximum absolute atomic E-state index is 13.5. The molecule has 0 bridgehead atoms. The molecule has 0 radical (unpaired) electrons. The fraction of sp³-hybridized carbons (Fsp3) is 0.357. The maximum atomic E-state index is 13.5. The molecule has 1 saturated heterocycles. The first-order valence-corrected chi connectivity index (χ1v) is 7.18. The summed E-state index contributed by atoms with van der Waals surface area (Å²) in [4.78, 5) is 4.25. The number of aromatic nitrogens is 2. The van der Waals surface area contributed by atoms with Crippen LogP contribution in [0.1, 0.15) is 30.1 Å². The van der Waals surface area contributed by atoms with Crippen LogP contribution in [-0.2, 0) is 0 Å². The molecular weight excluding hydrogens is 309 g/mol. The second-order valence-corrected chi connectivity index (χ2v) is 5.74. The zero-order valence-corrected chi connectivity index (χ0v) is 12.2. The summed E-state index contributed by atoms with van der Waals surface area (Å²) in [7, 11) is 0. The molecular formula is C14H15BrFN3. The molecule has 1 unspecified atom stereocenters. The van der Waals surface area contributed by atoms with E-state index >= 15 is 0 Å². The van der Waals surface area contributed by atoms with E-state index < -0.39 is 0 Å². The fourth-order valence-corrected chi connectivity index (χ4v) is 2.93. The van der Waals surface area contributed by atoms with Crippen molar-refractivity contribution in [1.29, 1.82) is 0 Å². The molecule has 1 aliphatic heterocycles. The topological polar surface area (TPSA) is 29.9 Å². The van der Waals surface area contributed by atoms with Gasteiger partial charge in [-0.1, -0.05) is 0 Å². The number of benzene rings is 1. The minimum Gasteiger partial charge on any atom is -0.309 e. The number of hydrogen-bond donors (Lipinski definition) is 1. The predicted octanol–water partition coefficient (Wildman–Crippen LogP) is 3.51. The highest BCUT2D eigenvalue weighted by molar-refractivity contribution is 9.10. The van der Waals surface area contributed by atoms with Gasteiger partial charge in [0.1, 0.15) is 5.82 Å². The van der Waals surface area contributed by atoms with Crippen molar-refractivity contribution in [3.05, 3.63) is 46.2 Å². The summed E-state index contributed by atoms with van der Waals surface area (Å²) in [5, 5.41) is 3.47. The van der Waals surface area contributed by atoms with Crippen LogP contribution in [0.3, 0.4) is 0 Å². The Morgan fingerprint density at radius 1 is 1.47 bits per heavy atom. The highest BCUT2D eigenvalue weighted by Crippen LogP contribution is 2.28. The molecule has 1 N–H and O–H groups in total. The molecule has 1 atom stereocenters. The van der Waals surface area contributed by atoms with Gasteiger partial charge >= 0.3 is 0 Å². The van der Waals surface area contributed by atoms with E-state index in [0.717, 1.165) is 29.9 Å². The van der Waals surface area contributed by atoms with Gasteiger partial charge in [0.25, 0.3) is 0 Å². The highest BCUT2D eigenvalue weighted by Gasteiger charge is 2.21. The molecule has 19 heavy (non-hydrogen) atoms. The maximum Gasteiger partial charge on any atom is 0.137 e. The van der Waals surface area contributed by atoms with Crippen molar-refractivity contribution in [2.45, 2.75) is 25.8 Å². The van der Waals surface area contributed by atoms with Gasteiger partial charge in [-0.15, -0.1) is 0 Å². The smallest absolute Gasteiger partial charge is 0.137 e. The van der Waals surface area contributed by atoms with Gasteiger partial charge in [0, 0.05) is 6.04 Å². The average molecular weight is 324 g/mol. The Morgan fingerprint density at radius 2 is 2.32 bits per heavy atom. The molecule has 3 nitrogen and oxygen atoms in total. The van der Waals surface area contributed by atoms with Gasteiger partial charge in [-0.25, -0.2) is 9.37 Å². The second kappa shape index (κ2) is 5.06. The van der Waals surface area contributed by atoms with Crippen LogP contribution in [0, 0.1) is 12.7 Å². The summed E-state index contributed by atoms with van der Waals surface area (Å²) in [6.07, 6.45) is 5.98. The van der Waals surface area contributed by atoms with Gasteiger partial charge in [0.2, 0.25) is 0 Å². The van der Waals surface area contributed by atoms with Crippen LogP contribution < -0.4 is 5.32 Å². The van der Waals surface area contributed by atoms with E-state index in [9.17, 15) is 4.39 Å². The van der Waals surface area contributed by atoms with Crippen molar-refractivity contribution in [3.8, 4) is 5.69 Å². The summed E-state index contributed by atoms with van der Waals surface area (Å²) < 4.78 is 16.0. The number of aryl methyl sites for hydroxylation is 1. The van der Waals surface area contributed by atoms with E-state index in [1.165, 1.54) is 6.42 Å². The van der Waals surface area contributed by atoms with Crippen LogP contribution in [-0.4, -0.2) is 16.1 Å². The number of halogens is 2. The van der Waals surface area contributed by atoms with Gasteiger partial charge in [-0.2, -0.15) is 0 Å². The summed E-state index contributed by atoms with van der Waals surface area (Å²) in [5.74, 6) is -0.234. The molecule has 100 valence electrons. The fourth-order valence-electron chi connectivity index (χ4n) is 2.60. The lowest BCUT2D eigenvalue weighted by Gasteiger charge is -2.16. The first kappa shape index (κ1) is 12.8. The van der Waals surface area contributed by atoms with E-state index in [4.69, 9.17) is 0 Å². The van der Waals surface area contributed by atoms with Crippen LogP contribution in [0.4, 0.5) is 4.39 Å². The third kappa shape index (κ3) is 2.32. The van der Waals surface area contributed by atoms with Gasteiger partial charge in [-0.3, -0.25) is 0 Å². The molecule has 1 aromatic heterocycles. The Kier molecular flexibility index (Phi) is 3.41. The van der Waals surface area contributed by atoms with E-state index in [0.29, 0.717) is 10.5 Å². The van der Waals surface area contributed by atoms with Crippen LogP contribution in [0.25, 0.3) is 5.69 Å². The van der Waals surface area contributed by atoms with Crippen LogP contribution in [0.2, 0.25) is 0 Å². The Bertz CT molecular complexity index is 603. The molecule has 0 aliphatic carbocycles. The monoisotopic (exact) mass is 323 g/mol. The minimum absolute atomic E-state index is 0.234. The van der Waals surface area contributed by atoms with Crippen molar-refractivity contribution in [1.82, 2.24) is 14.9 Å². The van der Waals surface area contributed by atoms with E-state index in [1.807, 2.05) is 23.8 Å². The van der Waals surface area contributed by atoms with Crippen molar-refractivity contribution in [2.75, 3.05) is 6.54 Å². The molecule has 1 aromatic carbocycles. The standard InChI is InChI=1S/C14H15BrFN3/c1-9-5-11(16)10(15)6-13(9)19-8-17-7-14(19)12-3-2-4-18-12/h5-8,12,18H,2-4H2,1H3. The Balaban J connectivity index is 2.07. The van der Waals surface area contributed by atoms with Crippen molar-refractivity contribution >= 4 is 15.9 Å². The summed E-state index contributed by atoms with van der Waals surface area (Å²) in [6.45, 7) is 2.96. The van der Waals surface area contributed by atoms with Crippen molar-refractivity contribution in [3.63, 3.8) is 0 Å². The van der Waals surface area contributed by atoms with E-state index in [-0.39, 0.29) is 5.82 Å². The van der Waals surface area contributed by atoms with Gasteiger partial charge in [0.05, 0.1) is 28.4 Å². The third-order valence-electron chi connectivity index (χ3n) is 3.58. The summed E-state index contributed by atoms with van der Waals surface area (Å²) >= 11 is 3.25. The molecule has 0 saturated carbocycles. The van der Waals surface area contributed by atoms with E-state index in [1.54, 1.807) is 12.4 Å². The number of imidazole rings is 1. The van der Waals surface area contributed by atoms with Gasteiger partial charge in [0.15, 0.2) is 0 Å². The lowest BCUT2D eigenvalue weighted by atomic mass is 10.1. The lowest BCUT2D eigenvalue weighted by Crippen LogP contribution is -2.16. The SMILES string of the molecule is Cc1cc(F)c(Br)cc1-n1cncc1C1CCCN1. The molecule has 1 aliphatic rings. The van der Waals surface area contributed by atoms with Crippen LogP contribution >= 0.6 is 15.9 Å². The minimum atomic E-state index is -0.234. The Hall–Kier alpha value is -1.20. The average Bonchev–Trinajstić information content (AvgIpc) is 3.03. The molecule has 2 heterocycles. The second-order valence-electron chi connectivity index (χ2n) is 4.89. The van der Waals surface area contributed by atoms with Crippen LogP contribution in [0.5, 0.6) is 0 Å². The Morgan fingerprint density at radius 3 is 3.05 bits per heavy atom. The van der Waals surface area contributed by atoms with E-state index in [2.05, 4.69) is 26.2 Å². The Labute approximate surface area is 120 Å². The molecule has 2 aromatic rings. The summed E-state index contributed by atoms with van der Waals surface area (Å²) in [5.41, 5.74) is 3.01. The third-order valence-corrected chi connectivity index (χ3v) is 4.19. The number of nitrogens with one attached hydrogen (secondary N) is 1. The van der Waals surface area contributed by atoms with Crippen LogP contribution in [0.15, 0.2) is 29.1 Å². The first-order chi connectivity index (χ1) is 9.16. The highest BCUT2D eigenvalue weighted by atomic mass is 79.9. The molecule has 0 amide bonds. The zero-order chi connectivity index (χ0) is 13.4. The molecule has 1 fully saturated rings. The predicted molar refractivity (Wildman–Crippen MR) is 75.9 cm³/mol. The largest absolute Gasteiger partial charge is 0.309 e. The van der Waals surface area contributed by atoms with Crippen molar-refractivity contribution in [2.24, 2.45) is 0 Å². The molecule has 0 spiro atoms. The number of nitrogens with zero attached hydrogens (tertiary/aromatic N) is 2. The molecule has 5 heteroatoms. The van der Waals surface area contributed by atoms with Crippen molar-refractivity contribution < 1.29 is 4.39 Å². The first-order valence-electron chi connectivity index (χ1n) is 6.38. The van der Waals surface area contributed by atoms with Gasteiger partial charge < -0.3 is 9.88 Å². The number of rotatable bonds is 2. The quantitative estimate of drug-likeness (QED) is 0.916. The summed E-state index contributed by atoms with van der Waals surface area (Å²) in [6, 6.07) is 3.70. The zero-order valence-electron chi connectivity index (χ0n) is 10.7. The molecule has 3 rings (SSSR count). The normalized spacial score (nSPS) is 19.0. The lowest BCUT2D eigenvalue weighted by molar-refractivity contribution is 0.609.